The Morgan fingerprint density at radius 2 is 1.92 bits per heavy atom. The number of rotatable bonds is 5. The largest absolute Gasteiger partial charge is 0.496 e. The number of aromatic nitrogens is 2. The molecule has 6 heteroatoms. The number of nitrogens with zero attached hydrogens (tertiary/aromatic N) is 2. The molecule has 2 aromatic carbocycles. The molecule has 0 atom stereocenters. The number of methoxy groups -OCH3 is 1. The molecule has 0 unspecified atom stereocenters. The first-order valence-electron chi connectivity index (χ1n) is 7.37. The summed E-state index contributed by atoms with van der Waals surface area (Å²) >= 11 is 1.57. The van der Waals surface area contributed by atoms with Gasteiger partial charge in [-0.15, -0.1) is 0 Å². The molecule has 3 aromatic rings. The Morgan fingerprint density at radius 3 is 2.58 bits per heavy atom. The number of hydrogen-bond acceptors (Lipinski definition) is 4. The quantitative estimate of drug-likeness (QED) is 0.767. The fourth-order valence-electron chi connectivity index (χ4n) is 2.19. The van der Waals surface area contributed by atoms with Gasteiger partial charge in [-0.05, 0) is 36.4 Å². The molecule has 0 aliphatic carbocycles. The van der Waals surface area contributed by atoms with Gasteiger partial charge in [0.2, 0.25) is 0 Å². The molecule has 1 N–H and O–H groups in total. The molecule has 0 radical (unpaired) electrons. The summed E-state index contributed by atoms with van der Waals surface area (Å²) in [5.41, 5.74) is 1.24. The van der Waals surface area contributed by atoms with Gasteiger partial charge in [0.25, 0.3) is 5.91 Å². The standard InChI is InChI=1S/C18H17N3O2S/c1-21-12-11-19-18(21)24-14-9-7-13(8-10-14)20-17(22)15-5-3-4-6-16(15)23-2/h3-12H,1-2H3,(H,20,22). The second kappa shape index (κ2) is 7.23. The molecule has 1 amide bonds. The number of ether oxygens (including phenoxy) is 1. The van der Waals surface area contributed by atoms with Crippen molar-refractivity contribution in [2.75, 3.05) is 12.4 Å². The molecule has 1 heterocycles. The van der Waals surface area contributed by atoms with Crippen molar-refractivity contribution >= 4 is 23.4 Å². The molecule has 24 heavy (non-hydrogen) atoms. The van der Waals surface area contributed by atoms with E-state index in [1.807, 2.05) is 54.2 Å². The van der Waals surface area contributed by atoms with Crippen LogP contribution in [0.25, 0.3) is 0 Å². The minimum Gasteiger partial charge on any atom is -0.496 e. The van der Waals surface area contributed by atoms with E-state index in [2.05, 4.69) is 10.3 Å². The molecule has 0 spiro atoms. The number of aryl methyl sites for hydroxylation is 1. The maximum atomic E-state index is 12.4. The van der Waals surface area contributed by atoms with Gasteiger partial charge in [-0.2, -0.15) is 0 Å². The number of carbonyl (C=O) groups excluding carboxylic acids is 1. The number of hydrogen-bond donors (Lipinski definition) is 1. The third kappa shape index (κ3) is 3.60. The minimum atomic E-state index is -0.197. The molecule has 1 aromatic heterocycles. The van der Waals surface area contributed by atoms with Crippen LogP contribution >= 0.6 is 11.8 Å². The number of benzene rings is 2. The number of para-hydroxylation sites is 1. The molecule has 0 bridgehead atoms. The number of anilines is 1. The molecule has 3 rings (SSSR count). The summed E-state index contributed by atoms with van der Waals surface area (Å²) in [5, 5.41) is 3.80. The summed E-state index contributed by atoms with van der Waals surface area (Å²) in [6, 6.07) is 14.8. The van der Waals surface area contributed by atoms with E-state index in [1.165, 1.54) is 0 Å². The monoisotopic (exact) mass is 339 g/mol. The average Bonchev–Trinajstić information content (AvgIpc) is 3.01. The molecular weight excluding hydrogens is 322 g/mol. The highest BCUT2D eigenvalue weighted by Gasteiger charge is 2.11. The highest BCUT2D eigenvalue weighted by atomic mass is 32.2. The SMILES string of the molecule is COc1ccccc1C(=O)Nc1ccc(Sc2nccn2C)cc1. The lowest BCUT2D eigenvalue weighted by molar-refractivity contribution is 0.102. The van der Waals surface area contributed by atoms with Crippen LogP contribution in [0.15, 0.2) is 71.0 Å². The van der Waals surface area contributed by atoms with Crippen LogP contribution in [0.2, 0.25) is 0 Å². The Labute approximate surface area is 144 Å². The molecule has 0 saturated heterocycles. The Kier molecular flexibility index (Phi) is 4.86. The van der Waals surface area contributed by atoms with Crippen molar-refractivity contribution in [3.63, 3.8) is 0 Å². The van der Waals surface area contributed by atoms with Crippen LogP contribution < -0.4 is 10.1 Å². The zero-order chi connectivity index (χ0) is 16.9. The van der Waals surface area contributed by atoms with E-state index < -0.39 is 0 Å². The Balaban J connectivity index is 1.70. The van der Waals surface area contributed by atoms with Gasteiger partial charge in [-0.25, -0.2) is 4.98 Å². The summed E-state index contributed by atoms with van der Waals surface area (Å²) in [7, 11) is 3.51. The Hall–Kier alpha value is -2.73. The lowest BCUT2D eigenvalue weighted by Crippen LogP contribution is -2.12. The highest BCUT2D eigenvalue weighted by molar-refractivity contribution is 7.99. The van der Waals surface area contributed by atoms with Crippen LogP contribution in [0, 0.1) is 0 Å². The molecule has 0 saturated carbocycles. The maximum absolute atomic E-state index is 12.4. The van der Waals surface area contributed by atoms with Gasteiger partial charge in [0, 0.05) is 30.0 Å². The van der Waals surface area contributed by atoms with E-state index in [0.29, 0.717) is 11.3 Å². The van der Waals surface area contributed by atoms with Gasteiger partial charge in [-0.3, -0.25) is 4.79 Å². The highest BCUT2D eigenvalue weighted by Crippen LogP contribution is 2.27. The van der Waals surface area contributed by atoms with Gasteiger partial charge in [0.15, 0.2) is 5.16 Å². The summed E-state index contributed by atoms with van der Waals surface area (Å²) in [4.78, 5) is 17.7. The third-order valence-electron chi connectivity index (χ3n) is 3.45. The van der Waals surface area contributed by atoms with E-state index in [-0.39, 0.29) is 5.91 Å². The first-order chi connectivity index (χ1) is 11.7. The predicted octanol–water partition coefficient (Wildman–Crippen LogP) is 3.83. The van der Waals surface area contributed by atoms with Crippen LogP contribution in [0.3, 0.4) is 0 Å². The first kappa shape index (κ1) is 16.1. The lowest BCUT2D eigenvalue weighted by atomic mass is 10.2. The molecule has 5 nitrogen and oxygen atoms in total. The maximum Gasteiger partial charge on any atom is 0.259 e. The number of carbonyl (C=O) groups is 1. The van der Waals surface area contributed by atoms with E-state index in [4.69, 9.17) is 4.74 Å². The van der Waals surface area contributed by atoms with Crippen molar-refractivity contribution in [3.8, 4) is 5.75 Å². The second-order valence-electron chi connectivity index (χ2n) is 5.10. The predicted molar refractivity (Wildman–Crippen MR) is 94.7 cm³/mol. The van der Waals surface area contributed by atoms with Crippen LogP contribution in [0.4, 0.5) is 5.69 Å². The summed E-state index contributed by atoms with van der Waals surface area (Å²) in [5.74, 6) is 0.355. The first-order valence-corrected chi connectivity index (χ1v) is 8.18. The number of nitrogens with one attached hydrogen (secondary N) is 1. The smallest absolute Gasteiger partial charge is 0.259 e. The van der Waals surface area contributed by atoms with Crippen molar-refractivity contribution in [1.29, 1.82) is 0 Å². The van der Waals surface area contributed by atoms with Gasteiger partial charge < -0.3 is 14.6 Å². The molecule has 0 fully saturated rings. The van der Waals surface area contributed by atoms with Gasteiger partial charge in [0.1, 0.15) is 5.75 Å². The summed E-state index contributed by atoms with van der Waals surface area (Å²) in [6.07, 6.45) is 3.67. The Bertz CT molecular complexity index is 843. The van der Waals surface area contributed by atoms with Crippen LogP contribution in [0.5, 0.6) is 5.75 Å². The van der Waals surface area contributed by atoms with Crippen molar-refractivity contribution in [1.82, 2.24) is 9.55 Å². The second-order valence-corrected chi connectivity index (χ2v) is 6.14. The number of imidazole rings is 1. The van der Waals surface area contributed by atoms with E-state index >= 15 is 0 Å². The van der Waals surface area contributed by atoms with E-state index in [1.54, 1.807) is 37.2 Å². The molecule has 122 valence electrons. The topological polar surface area (TPSA) is 56.1 Å². The van der Waals surface area contributed by atoms with Crippen molar-refractivity contribution in [2.45, 2.75) is 10.1 Å². The third-order valence-corrected chi connectivity index (χ3v) is 4.53. The van der Waals surface area contributed by atoms with Crippen molar-refractivity contribution in [2.24, 2.45) is 7.05 Å². The number of amides is 1. The van der Waals surface area contributed by atoms with Crippen molar-refractivity contribution in [3.05, 3.63) is 66.5 Å². The fourth-order valence-corrected chi connectivity index (χ4v) is 2.99. The normalized spacial score (nSPS) is 10.4. The Morgan fingerprint density at radius 1 is 1.17 bits per heavy atom. The van der Waals surface area contributed by atoms with Crippen LogP contribution in [0.1, 0.15) is 10.4 Å². The molecule has 0 aliphatic heterocycles. The fraction of sp³-hybridized carbons (Fsp3) is 0.111. The molecular formula is C18H17N3O2S. The molecule has 0 aliphatic rings. The lowest BCUT2D eigenvalue weighted by Gasteiger charge is -2.09. The van der Waals surface area contributed by atoms with Crippen LogP contribution in [-0.4, -0.2) is 22.6 Å². The van der Waals surface area contributed by atoms with Crippen LogP contribution in [-0.2, 0) is 7.05 Å². The zero-order valence-electron chi connectivity index (χ0n) is 13.4. The van der Waals surface area contributed by atoms with Gasteiger partial charge in [0.05, 0.1) is 12.7 Å². The average molecular weight is 339 g/mol. The van der Waals surface area contributed by atoms with Crippen molar-refractivity contribution < 1.29 is 9.53 Å². The minimum absolute atomic E-state index is 0.197. The van der Waals surface area contributed by atoms with Gasteiger partial charge in [-0.1, -0.05) is 23.9 Å². The van der Waals surface area contributed by atoms with E-state index in [9.17, 15) is 4.79 Å². The summed E-state index contributed by atoms with van der Waals surface area (Å²) < 4.78 is 7.18. The van der Waals surface area contributed by atoms with E-state index in [0.717, 1.165) is 15.7 Å². The van der Waals surface area contributed by atoms with Gasteiger partial charge >= 0.3 is 0 Å². The summed E-state index contributed by atoms with van der Waals surface area (Å²) in [6.45, 7) is 0. The zero-order valence-corrected chi connectivity index (χ0v) is 14.2.